The van der Waals surface area contributed by atoms with Crippen molar-refractivity contribution in [2.24, 2.45) is 5.92 Å². The largest absolute Gasteiger partial charge is 0.353 e. The summed E-state index contributed by atoms with van der Waals surface area (Å²) in [6, 6.07) is 9.78. The van der Waals surface area contributed by atoms with E-state index in [1.807, 2.05) is 26.0 Å². The summed E-state index contributed by atoms with van der Waals surface area (Å²) < 4.78 is 13.0. The van der Waals surface area contributed by atoms with Crippen molar-refractivity contribution in [3.63, 3.8) is 0 Å². The first kappa shape index (κ1) is 18.3. The van der Waals surface area contributed by atoms with E-state index in [1.54, 1.807) is 23.1 Å². The Morgan fingerprint density at radius 1 is 1.27 bits per heavy atom. The lowest BCUT2D eigenvalue weighted by Crippen LogP contribution is -2.58. The van der Waals surface area contributed by atoms with Crippen LogP contribution in [-0.4, -0.2) is 35.8 Å². The Balaban J connectivity index is 1.72. The molecule has 0 bridgehead atoms. The van der Waals surface area contributed by atoms with Gasteiger partial charge in [-0.25, -0.2) is 4.39 Å². The van der Waals surface area contributed by atoms with Crippen molar-refractivity contribution in [3.05, 3.63) is 53.2 Å². The number of amides is 2. The molecular weight excluding hydrogens is 351 g/mol. The first-order valence-electron chi connectivity index (χ1n) is 8.58. The van der Waals surface area contributed by atoms with Crippen LogP contribution < -0.4 is 5.32 Å². The molecule has 1 N–H and O–H groups in total. The average Bonchev–Trinajstić information content (AvgIpc) is 3.08. The molecule has 0 spiro atoms. The van der Waals surface area contributed by atoms with Crippen LogP contribution in [0.2, 0.25) is 0 Å². The van der Waals surface area contributed by atoms with Gasteiger partial charge in [-0.2, -0.15) is 0 Å². The van der Waals surface area contributed by atoms with E-state index in [0.29, 0.717) is 13.1 Å². The number of hydrogen-bond acceptors (Lipinski definition) is 3. The van der Waals surface area contributed by atoms with Gasteiger partial charge in [0.2, 0.25) is 11.8 Å². The fourth-order valence-corrected chi connectivity index (χ4v) is 3.97. The van der Waals surface area contributed by atoms with Crippen LogP contribution in [0.5, 0.6) is 0 Å². The molecule has 1 aliphatic heterocycles. The van der Waals surface area contributed by atoms with Gasteiger partial charge in [0, 0.05) is 28.9 Å². The van der Waals surface area contributed by atoms with E-state index in [0.717, 1.165) is 15.3 Å². The normalized spacial score (nSPS) is 17.8. The fourth-order valence-electron chi connectivity index (χ4n) is 3.06. The molecule has 1 aromatic carbocycles. The first-order valence-corrected chi connectivity index (χ1v) is 9.39. The van der Waals surface area contributed by atoms with Crippen LogP contribution in [0.25, 0.3) is 16.5 Å². The third-order valence-electron chi connectivity index (χ3n) is 4.32. The van der Waals surface area contributed by atoms with Crippen molar-refractivity contribution in [3.8, 4) is 10.4 Å². The predicted molar refractivity (Wildman–Crippen MR) is 102 cm³/mol. The van der Waals surface area contributed by atoms with Crippen LogP contribution >= 0.6 is 11.3 Å². The van der Waals surface area contributed by atoms with Gasteiger partial charge in [-0.1, -0.05) is 26.0 Å². The highest BCUT2D eigenvalue weighted by atomic mass is 32.1. The number of nitrogens with one attached hydrogen (secondary N) is 1. The second-order valence-electron chi connectivity index (χ2n) is 6.55. The average molecular weight is 372 g/mol. The van der Waals surface area contributed by atoms with Crippen LogP contribution in [0.1, 0.15) is 18.7 Å². The molecule has 1 aliphatic rings. The highest BCUT2D eigenvalue weighted by molar-refractivity contribution is 7.16. The van der Waals surface area contributed by atoms with Crippen LogP contribution in [-0.2, 0) is 9.59 Å². The summed E-state index contributed by atoms with van der Waals surface area (Å²) in [7, 11) is 0. The number of hydrogen-bond donors (Lipinski definition) is 1. The molecule has 136 valence electrons. The minimum Gasteiger partial charge on any atom is -0.353 e. The molecule has 0 aliphatic carbocycles. The van der Waals surface area contributed by atoms with Gasteiger partial charge in [0.15, 0.2) is 0 Å². The summed E-state index contributed by atoms with van der Waals surface area (Å²) in [5.74, 6) is -0.459. The second-order valence-corrected chi connectivity index (χ2v) is 7.67. The number of nitrogens with zero attached hydrogens (tertiary/aromatic N) is 1. The third-order valence-corrected chi connectivity index (χ3v) is 5.42. The van der Waals surface area contributed by atoms with Gasteiger partial charge < -0.3 is 10.2 Å². The molecule has 3 rings (SSSR count). The van der Waals surface area contributed by atoms with Crippen molar-refractivity contribution in [1.29, 1.82) is 0 Å². The zero-order chi connectivity index (χ0) is 18.7. The Labute approximate surface area is 156 Å². The van der Waals surface area contributed by atoms with E-state index >= 15 is 0 Å². The maximum absolute atomic E-state index is 13.0. The first-order chi connectivity index (χ1) is 12.5. The molecule has 1 atom stereocenters. The van der Waals surface area contributed by atoms with Crippen LogP contribution in [0.4, 0.5) is 4.39 Å². The number of halogens is 1. The summed E-state index contributed by atoms with van der Waals surface area (Å²) in [5.41, 5.74) is 0.940. The van der Waals surface area contributed by atoms with Gasteiger partial charge in [-0.15, -0.1) is 11.3 Å². The van der Waals surface area contributed by atoms with E-state index in [2.05, 4.69) is 5.32 Å². The van der Waals surface area contributed by atoms with Gasteiger partial charge in [0.1, 0.15) is 11.9 Å². The van der Waals surface area contributed by atoms with Crippen LogP contribution in [0, 0.1) is 11.7 Å². The van der Waals surface area contributed by atoms with E-state index < -0.39 is 6.04 Å². The Bertz CT molecular complexity index is 827. The molecule has 1 fully saturated rings. The fraction of sp³-hybridized carbons (Fsp3) is 0.300. The molecule has 2 heterocycles. The number of benzene rings is 1. The van der Waals surface area contributed by atoms with Crippen molar-refractivity contribution in [2.75, 3.05) is 13.1 Å². The standard InChI is InChI=1S/C20H21FN2O2S/c1-13(2)19-20(25)22-11-12-23(19)18(24)10-8-16-7-9-17(26-16)14-3-5-15(21)6-4-14/h3-10,13,19H,11-12H2,1-2H3,(H,22,25)/b10-8+. The molecule has 26 heavy (non-hydrogen) atoms. The van der Waals surface area contributed by atoms with Gasteiger partial charge in [-0.3, -0.25) is 9.59 Å². The number of carbonyl (C=O) groups is 2. The zero-order valence-corrected chi connectivity index (χ0v) is 15.6. The molecule has 0 saturated carbocycles. The minimum absolute atomic E-state index is 0.0551. The molecule has 1 saturated heterocycles. The minimum atomic E-state index is -0.431. The Hall–Kier alpha value is -2.47. The lowest BCUT2D eigenvalue weighted by molar-refractivity contribution is -0.141. The highest BCUT2D eigenvalue weighted by Crippen LogP contribution is 2.29. The van der Waals surface area contributed by atoms with E-state index in [9.17, 15) is 14.0 Å². The number of carbonyl (C=O) groups excluding carboxylic acids is 2. The summed E-state index contributed by atoms with van der Waals surface area (Å²) in [6.07, 6.45) is 3.29. The summed E-state index contributed by atoms with van der Waals surface area (Å²) in [4.78, 5) is 28.2. The topological polar surface area (TPSA) is 49.4 Å². The molecule has 1 unspecified atom stereocenters. The number of rotatable bonds is 4. The number of thiophene rings is 1. The lowest BCUT2D eigenvalue weighted by Gasteiger charge is -2.36. The second kappa shape index (κ2) is 7.83. The molecule has 2 amide bonds. The monoisotopic (exact) mass is 372 g/mol. The third kappa shape index (κ3) is 4.02. The van der Waals surface area contributed by atoms with E-state index in [-0.39, 0.29) is 23.5 Å². The van der Waals surface area contributed by atoms with Crippen molar-refractivity contribution >= 4 is 29.2 Å². The Morgan fingerprint density at radius 2 is 2.00 bits per heavy atom. The molecule has 6 heteroatoms. The Morgan fingerprint density at radius 3 is 2.69 bits per heavy atom. The van der Waals surface area contributed by atoms with Crippen molar-refractivity contribution in [1.82, 2.24) is 10.2 Å². The molecule has 2 aromatic rings. The van der Waals surface area contributed by atoms with E-state index in [1.165, 1.54) is 29.5 Å². The van der Waals surface area contributed by atoms with Crippen LogP contribution in [0.3, 0.4) is 0 Å². The maximum atomic E-state index is 13.0. The zero-order valence-electron chi connectivity index (χ0n) is 14.7. The molecule has 1 aromatic heterocycles. The number of piperazine rings is 1. The van der Waals surface area contributed by atoms with Gasteiger partial charge in [0.05, 0.1) is 0 Å². The van der Waals surface area contributed by atoms with Crippen molar-refractivity contribution < 1.29 is 14.0 Å². The molecule has 4 nitrogen and oxygen atoms in total. The van der Waals surface area contributed by atoms with Crippen molar-refractivity contribution in [2.45, 2.75) is 19.9 Å². The molecule has 0 radical (unpaired) electrons. The van der Waals surface area contributed by atoms with Gasteiger partial charge in [0.25, 0.3) is 0 Å². The summed E-state index contributed by atoms with van der Waals surface area (Å²) in [5, 5.41) is 2.82. The van der Waals surface area contributed by atoms with Gasteiger partial charge in [-0.05, 0) is 41.8 Å². The smallest absolute Gasteiger partial charge is 0.247 e. The predicted octanol–water partition coefficient (Wildman–Crippen LogP) is 3.55. The lowest BCUT2D eigenvalue weighted by atomic mass is 9.99. The van der Waals surface area contributed by atoms with Crippen LogP contribution in [0.15, 0.2) is 42.5 Å². The SMILES string of the molecule is CC(C)C1C(=O)NCCN1C(=O)/C=C/c1ccc(-c2ccc(F)cc2)s1. The summed E-state index contributed by atoms with van der Waals surface area (Å²) in [6.45, 7) is 4.87. The van der Waals surface area contributed by atoms with E-state index in [4.69, 9.17) is 0 Å². The quantitative estimate of drug-likeness (QED) is 0.835. The summed E-state index contributed by atoms with van der Waals surface area (Å²) >= 11 is 1.53. The maximum Gasteiger partial charge on any atom is 0.247 e. The molecular formula is C20H21FN2O2S. The van der Waals surface area contributed by atoms with Gasteiger partial charge >= 0.3 is 0 Å². The highest BCUT2D eigenvalue weighted by Gasteiger charge is 2.34. The Kier molecular flexibility index (Phi) is 5.52.